The van der Waals surface area contributed by atoms with E-state index in [1.807, 2.05) is 0 Å². The minimum Gasteiger partial charge on any atom is -0.482 e. The Kier molecular flexibility index (Phi) is 5.03. The molecule has 2 bridgehead atoms. The van der Waals surface area contributed by atoms with Crippen molar-refractivity contribution in [1.82, 2.24) is 0 Å². The Morgan fingerprint density at radius 3 is 2.46 bits per heavy atom. The highest BCUT2D eigenvalue weighted by Gasteiger charge is 2.38. The summed E-state index contributed by atoms with van der Waals surface area (Å²) in [6.07, 6.45) is 4.19. The van der Waals surface area contributed by atoms with Crippen molar-refractivity contribution in [1.29, 1.82) is 0 Å². The van der Waals surface area contributed by atoms with E-state index < -0.39 is 11.8 Å². The maximum Gasteiger partial charge on any atom is 0.343 e. The van der Waals surface area contributed by atoms with E-state index in [4.69, 9.17) is 4.74 Å². The molecule has 146 valence electrons. The topological polar surface area (TPSA) is 64.6 Å². The van der Waals surface area contributed by atoms with Crippen LogP contribution in [0.4, 0.5) is 10.1 Å². The Morgan fingerprint density at radius 2 is 1.79 bits per heavy atom. The molecule has 5 rings (SSSR count). The maximum atomic E-state index is 13.4. The normalized spacial score (nSPS) is 19.6. The molecule has 3 aliphatic carbocycles. The minimum atomic E-state index is -0.442. The molecular weight excluding hydrogens is 361 g/mol. The molecule has 0 heterocycles. The Bertz CT molecular complexity index is 919. The number of hydrogen-bond acceptors (Lipinski definition) is 4. The summed E-state index contributed by atoms with van der Waals surface area (Å²) in [5, 5.41) is 2.79. The molecule has 28 heavy (non-hydrogen) atoms. The Balaban J connectivity index is 1.68. The molecule has 0 unspecified atom stereocenters. The average molecular weight is 383 g/mol. The number of halogens is 1. The highest BCUT2D eigenvalue weighted by atomic mass is 19.1. The van der Waals surface area contributed by atoms with E-state index >= 15 is 0 Å². The molecule has 1 saturated carbocycles. The fraction of sp³-hybridized carbons (Fsp3) is 0.364. The minimum absolute atomic E-state index is 0.158. The zero-order chi connectivity index (χ0) is 19.7. The lowest BCUT2D eigenvalue weighted by Gasteiger charge is -2.40. The molecule has 0 radical (unpaired) electrons. The van der Waals surface area contributed by atoms with Crippen molar-refractivity contribution < 1.29 is 23.5 Å². The van der Waals surface area contributed by atoms with Crippen LogP contribution < -0.4 is 10.1 Å². The highest BCUT2D eigenvalue weighted by molar-refractivity contribution is 6.06. The van der Waals surface area contributed by atoms with Crippen molar-refractivity contribution in [3.8, 4) is 5.75 Å². The number of carbonyl (C=O) groups excluding carboxylic acids is 2. The van der Waals surface area contributed by atoms with Crippen molar-refractivity contribution in [3.63, 3.8) is 0 Å². The van der Waals surface area contributed by atoms with Crippen LogP contribution in [-0.4, -0.2) is 25.6 Å². The van der Waals surface area contributed by atoms with Gasteiger partial charge in [-0.2, -0.15) is 0 Å². The van der Waals surface area contributed by atoms with Crippen LogP contribution in [0.2, 0.25) is 0 Å². The molecule has 1 fully saturated rings. The van der Waals surface area contributed by atoms with Crippen LogP contribution >= 0.6 is 0 Å². The van der Waals surface area contributed by atoms with Gasteiger partial charge >= 0.3 is 5.97 Å². The van der Waals surface area contributed by atoms with Gasteiger partial charge in [-0.05, 0) is 73.4 Å². The van der Waals surface area contributed by atoms with Crippen molar-refractivity contribution in [2.45, 2.75) is 37.5 Å². The number of esters is 1. The molecule has 3 aliphatic rings. The number of anilines is 1. The number of nitrogens with one attached hydrogen (secondary N) is 1. The number of rotatable bonds is 5. The average Bonchev–Trinajstić information content (AvgIpc) is 2.72. The van der Waals surface area contributed by atoms with Gasteiger partial charge in [-0.3, -0.25) is 4.79 Å². The van der Waals surface area contributed by atoms with Crippen LogP contribution in [0.1, 0.15) is 59.0 Å². The Hall–Kier alpha value is -2.89. The first-order chi connectivity index (χ1) is 13.6. The van der Waals surface area contributed by atoms with E-state index in [0.29, 0.717) is 28.8 Å². The predicted octanol–water partition coefficient (Wildman–Crippen LogP) is 4.38. The summed E-state index contributed by atoms with van der Waals surface area (Å²) < 4.78 is 23.8. The molecule has 0 saturated heterocycles. The number of fused-ring (bicyclic) bond motifs is 2. The smallest absolute Gasteiger partial charge is 0.343 e. The van der Waals surface area contributed by atoms with Gasteiger partial charge in [0, 0.05) is 16.8 Å². The third-order valence-corrected chi connectivity index (χ3v) is 5.69. The van der Waals surface area contributed by atoms with Crippen molar-refractivity contribution in [3.05, 3.63) is 58.9 Å². The summed E-state index contributed by atoms with van der Waals surface area (Å²) in [6.45, 7) is -0.158. The summed E-state index contributed by atoms with van der Waals surface area (Å²) in [5.74, 6) is 0.184. The SMILES string of the molecule is COC(=O)COc1ccc(C(=O)Nc2cccc(F)c2)c2c1C1CCC2CC1. The summed E-state index contributed by atoms with van der Waals surface area (Å²) in [4.78, 5) is 24.4. The van der Waals surface area contributed by atoms with Gasteiger partial charge in [0.1, 0.15) is 11.6 Å². The number of benzene rings is 2. The predicted molar refractivity (Wildman–Crippen MR) is 102 cm³/mol. The highest BCUT2D eigenvalue weighted by Crippen LogP contribution is 2.53. The first kappa shape index (κ1) is 18.5. The van der Waals surface area contributed by atoms with E-state index in [-0.39, 0.29) is 12.5 Å². The van der Waals surface area contributed by atoms with Gasteiger partial charge in [0.25, 0.3) is 5.91 Å². The quantitative estimate of drug-likeness (QED) is 0.778. The van der Waals surface area contributed by atoms with Crippen LogP contribution in [0.15, 0.2) is 36.4 Å². The fourth-order valence-corrected chi connectivity index (χ4v) is 4.43. The van der Waals surface area contributed by atoms with E-state index in [9.17, 15) is 14.0 Å². The second kappa shape index (κ2) is 7.62. The summed E-state index contributed by atoms with van der Waals surface area (Å²) >= 11 is 0. The zero-order valence-corrected chi connectivity index (χ0v) is 15.7. The monoisotopic (exact) mass is 383 g/mol. The van der Waals surface area contributed by atoms with E-state index in [1.165, 1.54) is 19.2 Å². The lowest BCUT2D eigenvalue weighted by Crippen LogP contribution is -2.27. The first-order valence-electron chi connectivity index (χ1n) is 9.50. The van der Waals surface area contributed by atoms with Crippen molar-refractivity contribution in [2.75, 3.05) is 19.0 Å². The first-order valence-corrected chi connectivity index (χ1v) is 9.50. The summed E-state index contributed by atoms with van der Waals surface area (Å²) in [7, 11) is 1.32. The van der Waals surface area contributed by atoms with Crippen LogP contribution in [-0.2, 0) is 9.53 Å². The number of methoxy groups -OCH3 is 1. The molecule has 2 aromatic rings. The Morgan fingerprint density at radius 1 is 1.07 bits per heavy atom. The third-order valence-electron chi connectivity index (χ3n) is 5.69. The third kappa shape index (κ3) is 3.46. The number of amides is 1. The lowest BCUT2D eigenvalue weighted by atomic mass is 9.65. The van der Waals surface area contributed by atoms with Crippen LogP contribution in [0.25, 0.3) is 0 Å². The number of ether oxygens (including phenoxy) is 2. The van der Waals surface area contributed by atoms with Gasteiger partial charge in [-0.25, -0.2) is 9.18 Å². The second-order valence-corrected chi connectivity index (χ2v) is 7.32. The lowest BCUT2D eigenvalue weighted by molar-refractivity contribution is -0.142. The van der Waals surface area contributed by atoms with Crippen LogP contribution in [0.3, 0.4) is 0 Å². The van der Waals surface area contributed by atoms with Crippen molar-refractivity contribution in [2.24, 2.45) is 0 Å². The van der Waals surface area contributed by atoms with Gasteiger partial charge in [0.05, 0.1) is 7.11 Å². The largest absolute Gasteiger partial charge is 0.482 e. The van der Waals surface area contributed by atoms with Gasteiger partial charge in [-0.15, -0.1) is 0 Å². The van der Waals surface area contributed by atoms with Crippen LogP contribution in [0.5, 0.6) is 5.75 Å². The van der Waals surface area contributed by atoms with Gasteiger partial charge in [0.15, 0.2) is 6.61 Å². The molecule has 1 amide bonds. The molecule has 0 atom stereocenters. The summed E-state index contributed by atoms with van der Waals surface area (Å²) in [6, 6.07) is 9.34. The molecule has 2 aromatic carbocycles. The number of hydrogen-bond donors (Lipinski definition) is 1. The van der Waals surface area contributed by atoms with E-state index in [0.717, 1.165) is 36.8 Å². The van der Waals surface area contributed by atoms with Gasteiger partial charge < -0.3 is 14.8 Å². The molecule has 5 nitrogen and oxygen atoms in total. The van der Waals surface area contributed by atoms with E-state index in [2.05, 4.69) is 10.1 Å². The molecule has 0 aromatic heterocycles. The maximum absolute atomic E-state index is 13.4. The van der Waals surface area contributed by atoms with E-state index in [1.54, 1.807) is 24.3 Å². The second-order valence-electron chi connectivity index (χ2n) is 7.32. The fourth-order valence-electron chi connectivity index (χ4n) is 4.43. The number of carbonyl (C=O) groups is 2. The van der Waals surface area contributed by atoms with Crippen molar-refractivity contribution >= 4 is 17.6 Å². The molecule has 0 aliphatic heterocycles. The molecular formula is C22H22FNO4. The Labute approximate surface area is 162 Å². The van der Waals surface area contributed by atoms with Gasteiger partial charge in [0.2, 0.25) is 0 Å². The molecule has 6 heteroatoms. The molecule has 0 spiro atoms. The summed E-state index contributed by atoms with van der Waals surface area (Å²) in [5.41, 5.74) is 3.07. The zero-order valence-electron chi connectivity index (χ0n) is 15.7. The standard InChI is InChI=1S/C22H22FNO4/c1-27-19(25)12-28-18-10-9-17(20-13-5-7-14(8-6-13)21(18)20)22(26)24-16-4-2-3-15(23)11-16/h2-4,9-11,13-14H,5-8,12H2,1H3,(H,24,26). The van der Waals surface area contributed by atoms with Gasteiger partial charge in [-0.1, -0.05) is 6.07 Å². The van der Waals surface area contributed by atoms with Crippen LogP contribution in [0, 0.1) is 5.82 Å². The molecule has 1 N–H and O–H groups in total.